The number of nitrogens with one attached hydrogen (secondary N) is 2. The highest BCUT2D eigenvalue weighted by Gasteiger charge is 2.28. The van der Waals surface area contributed by atoms with Crippen molar-refractivity contribution in [3.63, 3.8) is 0 Å². The summed E-state index contributed by atoms with van der Waals surface area (Å²) < 4.78 is 27.1. The van der Waals surface area contributed by atoms with Gasteiger partial charge in [0.1, 0.15) is 0 Å². The molecule has 2 aromatic rings. The lowest BCUT2D eigenvalue weighted by molar-refractivity contribution is 0.102. The van der Waals surface area contributed by atoms with Gasteiger partial charge >= 0.3 is 0 Å². The fourth-order valence-corrected chi connectivity index (χ4v) is 3.89. The van der Waals surface area contributed by atoms with Gasteiger partial charge in [-0.3, -0.25) is 4.79 Å². The Kier molecular flexibility index (Phi) is 4.43. The molecule has 24 heavy (non-hydrogen) atoms. The number of carbonyl (C=O) groups is 1. The van der Waals surface area contributed by atoms with Crippen LogP contribution in [0.1, 0.15) is 34.3 Å². The van der Waals surface area contributed by atoms with E-state index in [-0.39, 0.29) is 16.8 Å². The van der Waals surface area contributed by atoms with Crippen molar-refractivity contribution in [2.45, 2.75) is 37.6 Å². The molecule has 0 unspecified atom stereocenters. The Morgan fingerprint density at radius 2 is 1.71 bits per heavy atom. The number of rotatable bonds is 5. The lowest BCUT2D eigenvalue weighted by Crippen LogP contribution is -2.25. The molecular formula is C18H20N2O3S. The molecule has 1 aliphatic carbocycles. The van der Waals surface area contributed by atoms with Crippen LogP contribution in [0, 0.1) is 13.8 Å². The molecule has 6 heteroatoms. The SMILES string of the molecule is Cc1cc(C)cc(C(=O)Nc2cccc(S(=O)(=O)NC3CC3)c2)c1. The smallest absolute Gasteiger partial charge is 0.255 e. The molecular weight excluding hydrogens is 324 g/mol. The van der Waals surface area contributed by atoms with E-state index in [0.29, 0.717) is 11.3 Å². The summed E-state index contributed by atoms with van der Waals surface area (Å²) >= 11 is 0. The minimum Gasteiger partial charge on any atom is -0.322 e. The topological polar surface area (TPSA) is 75.3 Å². The molecule has 2 N–H and O–H groups in total. The molecule has 0 radical (unpaired) electrons. The molecule has 0 atom stereocenters. The fourth-order valence-electron chi connectivity index (χ4n) is 2.54. The van der Waals surface area contributed by atoms with Crippen molar-refractivity contribution >= 4 is 21.6 Å². The Labute approximate surface area is 142 Å². The third kappa shape index (κ3) is 4.01. The first kappa shape index (κ1) is 16.7. The van der Waals surface area contributed by atoms with E-state index >= 15 is 0 Å². The maximum atomic E-state index is 12.4. The second kappa shape index (κ2) is 6.37. The van der Waals surface area contributed by atoms with E-state index in [1.165, 1.54) is 12.1 Å². The maximum absolute atomic E-state index is 12.4. The van der Waals surface area contributed by atoms with Crippen LogP contribution in [0.5, 0.6) is 0 Å². The quantitative estimate of drug-likeness (QED) is 0.875. The van der Waals surface area contributed by atoms with E-state index in [9.17, 15) is 13.2 Å². The molecule has 0 bridgehead atoms. The minimum atomic E-state index is -3.53. The zero-order chi connectivity index (χ0) is 17.3. The van der Waals surface area contributed by atoms with Gasteiger partial charge in [0.2, 0.25) is 10.0 Å². The molecule has 1 saturated carbocycles. The average molecular weight is 344 g/mol. The Hall–Kier alpha value is -2.18. The van der Waals surface area contributed by atoms with Gasteiger partial charge in [0.05, 0.1) is 4.90 Å². The van der Waals surface area contributed by atoms with Gasteiger partial charge in [-0.15, -0.1) is 0 Å². The van der Waals surface area contributed by atoms with Crippen molar-refractivity contribution in [2.24, 2.45) is 0 Å². The summed E-state index contributed by atoms with van der Waals surface area (Å²) in [5.74, 6) is -0.258. The van der Waals surface area contributed by atoms with Crippen molar-refractivity contribution in [2.75, 3.05) is 5.32 Å². The molecule has 0 aromatic heterocycles. The Bertz CT molecular complexity index is 867. The third-order valence-electron chi connectivity index (χ3n) is 3.79. The third-order valence-corrected chi connectivity index (χ3v) is 5.30. The monoisotopic (exact) mass is 344 g/mol. The normalized spacial score (nSPS) is 14.4. The van der Waals surface area contributed by atoms with Crippen LogP contribution in [0.4, 0.5) is 5.69 Å². The number of amides is 1. The van der Waals surface area contributed by atoms with E-state index in [1.54, 1.807) is 24.3 Å². The van der Waals surface area contributed by atoms with Crippen LogP contribution in [0.25, 0.3) is 0 Å². The second-order valence-corrected chi connectivity index (χ2v) is 7.97. The summed E-state index contributed by atoms with van der Waals surface area (Å²) in [6.07, 6.45) is 1.75. The van der Waals surface area contributed by atoms with Crippen molar-refractivity contribution in [3.8, 4) is 0 Å². The number of benzene rings is 2. The number of anilines is 1. The van der Waals surface area contributed by atoms with Gasteiger partial charge in [-0.25, -0.2) is 13.1 Å². The Balaban J connectivity index is 1.80. The van der Waals surface area contributed by atoms with Gasteiger partial charge < -0.3 is 5.32 Å². The zero-order valence-corrected chi connectivity index (χ0v) is 14.5. The van der Waals surface area contributed by atoms with Crippen LogP contribution >= 0.6 is 0 Å². The number of carbonyl (C=O) groups excluding carboxylic acids is 1. The number of aryl methyl sites for hydroxylation is 2. The molecule has 5 nitrogen and oxygen atoms in total. The van der Waals surface area contributed by atoms with Crippen molar-refractivity contribution < 1.29 is 13.2 Å². The summed E-state index contributed by atoms with van der Waals surface area (Å²) in [6.45, 7) is 3.86. The van der Waals surface area contributed by atoms with E-state index < -0.39 is 10.0 Å². The first-order valence-corrected chi connectivity index (χ1v) is 9.34. The lowest BCUT2D eigenvalue weighted by atomic mass is 10.1. The van der Waals surface area contributed by atoms with Crippen molar-refractivity contribution in [1.29, 1.82) is 0 Å². The largest absolute Gasteiger partial charge is 0.322 e. The first-order chi connectivity index (χ1) is 11.3. The van der Waals surface area contributed by atoms with Gasteiger partial charge in [-0.2, -0.15) is 0 Å². The first-order valence-electron chi connectivity index (χ1n) is 7.85. The van der Waals surface area contributed by atoms with E-state index in [0.717, 1.165) is 24.0 Å². The Morgan fingerprint density at radius 3 is 2.33 bits per heavy atom. The summed E-state index contributed by atoms with van der Waals surface area (Å²) in [5, 5.41) is 2.76. The van der Waals surface area contributed by atoms with Crippen LogP contribution < -0.4 is 10.0 Å². The highest BCUT2D eigenvalue weighted by molar-refractivity contribution is 7.89. The van der Waals surface area contributed by atoms with Crippen LogP contribution in [0.15, 0.2) is 47.4 Å². The summed E-state index contributed by atoms with van der Waals surface area (Å²) in [5.41, 5.74) is 3.02. The van der Waals surface area contributed by atoms with Crippen LogP contribution in [-0.2, 0) is 10.0 Å². The van der Waals surface area contributed by atoms with Gasteiger partial charge in [-0.05, 0) is 57.0 Å². The molecule has 0 heterocycles. The predicted molar refractivity (Wildman–Crippen MR) is 93.7 cm³/mol. The van der Waals surface area contributed by atoms with E-state index in [1.807, 2.05) is 19.9 Å². The van der Waals surface area contributed by atoms with Gasteiger partial charge in [0.25, 0.3) is 5.91 Å². The number of sulfonamides is 1. The molecule has 0 saturated heterocycles. The average Bonchev–Trinajstić information content (AvgIpc) is 3.30. The van der Waals surface area contributed by atoms with Crippen LogP contribution in [0.3, 0.4) is 0 Å². The zero-order valence-electron chi connectivity index (χ0n) is 13.7. The van der Waals surface area contributed by atoms with Gasteiger partial charge in [0.15, 0.2) is 0 Å². The van der Waals surface area contributed by atoms with Crippen molar-refractivity contribution in [1.82, 2.24) is 4.72 Å². The number of hydrogen-bond donors (Lipinski definition) is 2. The summed E-state index contributed by atoms with van der Waals surface area (Å²) in [7, 11) is -3.53. The molecule has 1 amide bonds. The standard InChI is InChI=1S/C18H20N2O3S/c1-12-8-13(2)10-14(9-12)18(21)19-16-4-3-5-17(11-16)24(22,23)20-15-6-7-15/h3-5,8-11,15,20H,6-7H2,1-2H3,(H,19,21). The van der Waals surface area contributed by atoms with Crippen LogP contribution in [0.2, 0.25) is 0 Å². The maximum Gasteiger partial charge on any atom is 0.255 e. The highest BCUT2D eigenvalue weighted by Crippen LogP contribution is 2.23. The Morgan fingerprint density at radius 1 is 1.04 bits per heavy atom. The molecule has 1 fully saturated rings. The van der Waals surface area contributed by atoms with E-state index in [4.69, 9.17) is 0 Å². The minimum absolute atomic E-state index is 0.0449. The fraction of sp³-hybridized carbons (Fsp3) is 0.278. The van der Waals surface area contributed by atoms with E-state index in [2.05, 4.69) is 10.0 Å². The molecule has 2 aromatic carbocycles. The summed E-state index contributed by atoms with van der Waals surface area (Å²) in [4.78, 5) is 12.6. The number of hydrogen-bond acceptors (Lipinski definition) is 3. The molecule has 1 aliphatic rings. The van der Waals surface area contributed by atoms with Gasteiger partial charge in [0, 0.05) is 17.3 Å². The molecule has 3 rings (SSSR count). The molecule has 0 aliphatic heterocycles. The lowest BCUT2D eigenvalue weighted by Gasteiger charge is -2.10. The van der Waals surface area contributed by atoms with Gasteiger partial charge in [-0.1, -0.05) is 23.3 Å². The predicted octanol–water partition coefficient (Wildman–Crippen LogP) is 3.00. The molecule has 0 spiro atoms. The highest BCUT2D eigenvalue weighted by atomic mass is 32.2. The molecule has 126 valence electrons. The van der Waals surface area contributed by atoms with Crippen molar-refractivity contribution in [3.05, 3.63) is 59.2 Å². The summed E-state index contributed by atoms with van der Waals surface area (Å²) in [6, 6.07) is 11.9. The second-order valence-electron chi connectivity index (χ2n) is 6.25. The van der Waals surface area contributed by atoms with Crippen LogP contribution in [-0.4, -0.2) is 20.4 Å².